The first kappa shape index (κ1) is 11.0. The van der Waals surface area contributed by atoms with Crippen molar-refractivity contribution in [3.05, 3.63) is 0 Å². The van der Waals surface area contributed by atoms with E-state index in [1.54, 1.807) is 0 Å². The Morgan fingerprint density at radius 3 is 3.00 bits per heavy atom. The normalized spacial score (nSPS) is 26.8. The fourth-order valence-electron chi connectivity index (χ4n) is 2.16. The smallest absolute Gasteiger partial charge is 0.00817 e. The van der Waals surface area contributed by atoms with Gasteiger partial charge in [-0.1, -0.05) is 19.8 Å². The van der Waals surface area contributed by atoms with Gasteiger partial charge in [0.2, 0.25) is 0 Å². The van der Waals surface area contributed by atoms with E-state index in [4.69, 9.17) is 0 Å². The highest BCUT2D eigenvalue weighted by Crippen LogP contribution is 2.12. The molecular formula is C11H24N2. The summed E-state index contributed by atoms with van der Waals surface area (Å²) in [5.41, 5.74) is 0. The van der Waals surface area contributed by atoms with Gasteiger partial charge < -0.3 is 10.6 Å². The van der Waals surface area contributed by atoms with E-state index >= 15 is 0 Å². The molecule has 1 aliphatic rings. The second-order valence-corrected chi connectivity index (χ2v) is 4.19. The summed E-state index contributed by atoms with van der Waals surface area (Å²) in [6, 6.07) is 1.43. The summed E-state index contributed by atoms with van der Waals surface area (Å²) < 4.78 is 0. The van der Waals surface area contributed by atoms with Crippen molar-refractivity contribution in [1.82, 2.24) is 10.6 Å². The highest BCUT2D eigenvalue weighted by Gasteiger charge is 2.13. The largest absolute Gasteiger partial charge is 0.314 e. The third kappa shape index (κ3) is 4.63. The van der Waals surface area contributed by atoms with Crippen LogP contribution in [0.5, 0.6) is 0 Å². The molecule has 1 heterocycles. The maximum Gasteiger partial charge on any atom is 0.00817 e. The Kier molecular flexibility index (Phi) is 5.40. The Labute approximate surface area is 82.5 Å². The van der Waals surface area contributed by atoms with Crippen LogP contribution in [0.3, 0.4) is 0 Å². The van der Waals surface area contributed by atoms with E-state index in [-0.39, 0.29) is 0 Å². The lowest BCUT2D eigenvalue weighted by atomic mass is 10.0. The first-order chi connectivity index (χ1) is 6.33. The Balaban J connectivity index is 2.17. The minimum Gasteiger partial charge on any atom is -0.314 e. The van der Waals surface area contributed by atoms with E-state index in [1.807, 2.05) is 0 Å². The van der Waals surface area contributed by atoms with Gasteiger partial charge in [0.05, 0.1) is 0 Å². The number of nitrogens with one attached hydrogen (secondary N) is 2. The van der Waals surface area contributed by atoms with Gasteiger partial charge in [-0.3, -0.25) is 0 Å². The van der Waals surface area contributed by atoms with Gasteiger partial charge in [-0.05, 0) is 39.3 Å². The van der Waals surface area contributed by atoms with E-state index in [0.29, 0.717) is 6.04 Å². The molecule has 0 amide bonds. The predicted molar refractivity (Wildman–Crippen MR) is 58.0 cm³/mol. The molecule has 0 saturated carbocycles. The van der Waals surface area contributed by atoms with Gasteiger partial charge in [0.1, 0.15) is 0 Å². The molecule has 2 nitrogen and oxygen atoms in total. The molecule has 0 radical (unpaired) electrons. The summed E-state index contributed by atoms with van der Waals surface area (Å²) in [5.74, 6) is 0. The second-order valence-electron chi connectivity index (χ2n) is 4.19. The SMILES string of the molecule is CCNC(C)CC1CCCCCN1. The van der Waals surface area contributed by atoms with Crippen molar-refractivity contribution in [1.29, 1.82) is 0 Å². The maximum atomic E-state index is 3.63. The molecule has 1 rings (SSSR count). The van der Waals surface area contributed by atoms with Crippen molar-refractivity contribution in [2.75, 3.05) is 13.1 Å². The fraction of sp³-hybridized carbons (Fsp3) is 1.00. The van der Waals surface area contributed by atoms with Crippen LogP contribution < -0.4 is 10.6 Å². The molecule has 2 unspecified atom stereocenters. The average molecular weight is 184 g/mol. The molecule has 1 saturated heterocycles. The molecule has 2 atom stereocenters. The zero-order valence-corrected chi connectivity index (χ0v) is 9.10. The van der Waals surface area contributed by atoms with Gasteiger partial charge in [0.15, 0.2) is 0 Å². The van der Waals surface area contributed by atoms with Crippen molar-refractivity contribution >= 4 is 0 Å². The van der Waals surface area contributed by atoms with Crippen LogP contribution >= 0.6 is 0 Å². The minimum absolute atomic E-state index is 0.667. The Hall–Kier alpha value is -0.0800. The molecule has 0 spiro atoms. The summed E-state index contributed by atoms with van der Waals surface area (Å²) in [7, 11) is 0. The van der Waals surface area contributed by atoms with Crippen molar-refractivity contribution < 1.29 is 0 Å². The molecule has 0 aliphatic carbocycles. The highest BCUT2D eigenvalue weighted by atomic mass is 14.9. The monoisotopic (exact) mass is 184 g/mol. The van der Waals surface area contributed by atoms with Crippen molar-refractivity contribution in [2.45, 2.75) is 58.0 Å². The van der Waals surface area contributed by atoms with Crippen LogP contribution in [-0.2, 0) is 0 Å². The molecule has 1 fully saturated rings. The van der Waals surface area contributed by atoms with Crippen molar-refractivity contribution in [3.8, 4) is 0 Å². The summed E-state index contributed by atoms with van der Waals surface area (Å²) in [6.07, 6.45) is 6.85. The van der Waals surface area contributed by atoms with E-state index < -0.39 is 0 Å². The molecular weight excluding hydrogens is 160 g/mol. The number of hydrogen-bond donors (Lipinski definition) is 2. The standard InChI is InChI=1S/C11H24N2/c1-3-12-10(2)9-11-7-5-4-6-8-13-11/h10-13H,3-9H2,1-2H3. The average Bonchev–Trinajstić information content (AvgIpc) is 2.33. The minimum atomic E-state index is 0.667. The van der Waals surface area contributed by atoms with Gasteiger partial charge in [0.25, 0.3) is 0 Å². The third-order valence-electron chi connectivity index (χ3n) is 2.85. The zero-order chi connectivity index (χ0) is 9.52. The molecule has 0 aromatic rings. The third-order valence-corrected chi connectivity index (χ3v) is 2.85. The summed E-state index contributed by atoms with van der Waals surface area (Å²) in [6.45, 7) is 6.78. The van der Waals surface area contributed by atoms with Crippen LogP contribution in [0.2, 0.25) is 0 Å². The first-order valence-corrected chi connectivity index (χ1v) is 5.79. The summed E-state index contributed by atoms with van der Waals surface area (Å²) in [4.78, 5) is 0. The maximum absolute atomic E-state index is 3.63. The van der Waals surface area contributed by atoms with Crippen LogP contribution in [0.4, 0.5) is 0 Å². The van der Waals surface area contributed by atoms with Crippen molar-refractivity contribution in [2.24, 2.45) is 0 Å². The lowest BCUT2D eigenvalue weighted by molar-refractivity contribution is 0.408. The van der Waals surface area contributed by atoms with Gasteiger partial charge in [-0.25, -0.2) is 0 Å². The molecule has 0 aromatic heterocycles. The van der Waals surface area contributed by atoms with Crippen molar-refractivity contribution in [3.63, 3.8) is 0 Å². The summed E-state index contributed by atoms with van der Waals surface area (Å²) >= 11 is 0. The fourth-order valence-corrected chi connectivity index (χ4v) is 2.16. The topological polar surface area (TPSA) is 24.1 Å². The highest BCUT2D eigenvalue weighted by molar-refractivity contribution is 4.75. The quantitative estimate of drug-likeness (QED) is 0.697. The van der Waals surface area contributed by atoms with Crippen LogP contribution in [0.15, 0.2) is 0 Å². The molecule has 0 bridgehead atoms. The first-order valence-electron chi connectivity index (χ1n) is 5.79. The zero-order valence-electron chi connectivity index (χ0n) is 9.10. The molecule has 2 N–H and O–H groups in total. The number of rotatable bonds is 4. The van der Waals surface area contributed by atoms with Gasteiger partial charge in [0, 0.05) is 12.1 Å². The van der Waals surface area contributed by atoms with E-state index in [9.17, 15) is 0 Å². The van der Waals surface area contributed by atoms with E-state index in [0.717, 1.165) is 12.6 Å². The predicted octanol–water partition coefficient (Wildman–Crippen LogP) is 1.91. The van der Waals surface area contributed by atoms with Gasteiger partial charge in [-0.2, -0.15) is 0 Å². The molecule has 0 aromatic carbocycles. The van der Waals surface area contributed by atoms with Crippen LogP contribution in [0.25, 0.3) is 0 Å². The summed E-state index contributed by atoms with van der Waals surface area (Å²) in [5, 5.41) is 7.10. The van der Waals surface area contributed by atoms with Gasteiger partial charge >= 0.3 is 0 Å². The lowest BCUT2D eigenvalue weighted by Gasteiger charge is -2.20. The second kappa shape index (κ2) is 6.39. The Morgan fingerprint density at radius 1 is 1.38 bits per heavy atom. The Morgan fingerprint density at radius 2 is 2.23 bits per heavy atom. The molecule has 2 heteroatoms. The van der Waals surface area contributed by atoms with Crippen LogP contribution in [-0.4, -0.2) is 25.2 Å². The number of hydrogen-bond acceptors (Lipinski definition) is 2. The van der Waals surface area contributed by atoms with Crippen LogP contribution in [0.1, 0.15) is 46.0 Å². The Bertz CT molecular complexity index is 117. The molecule has 13 heavy (non-hydrogen) atoms. The van der Waals surface area contributed by atoms with Gasteiger partial charge in [-0.15, -0.1) is 0 Å². The van der Waals surface area contributed by atoms with Crippen LogP contribution in [0, 0.1) is 0 Å². The van der Waals surface area contributed by atoms with E-state index in [2.05, 4.69) is 24.5 Å². The molecule has 78 valence electrons. The van der Waals surface area contributed by atoms with E-state index in [1.165, 1.54) is 38.6 Å². The molecule has 1 aliphatic heterocycles. The lowest BCUT2D eigenvalue weighted by Crippen LogP contribution is -2.36.